The number of ether oxygens (including phenoxy) is 2. The number of hydrogen-bond acceptors (Lipinski definition) is 6. The van der Waals surface area contributed by atoms with E-state index in [0.29, 0.717) is 18.3 Å². The number of thiazole rings is 1. The van der Waals surface area contributed by atoms with Crippen molar-refractivity contribution >= 4 is 28.2 Å². The summed E-state index contributed by atoms with van der Waals surface area (Å²) in [5, 5.41) is 0.649. The fourth-order valence-electron chi connectivity index (χ4n) is 1.11. The van der Waals surface area contributed by atoms with Crippen molar-refractivity contribution in [3.05, 3.63) is 5.69 Å². The molecule has 0 fully saturated rings. The summed E-state index contributed by atoms with van der Waals surface area (Å²) in [7, 11) is 1.68. The predicted octanol–water partition coefficient (Wildman–Crippen LogP) is 2.18. The standard InChI is InChI=1S/C10H18N2O2S2/c1-8-9(16-10(11)12-8)15-7-3-4-14-6-5-13-2/h3-7H2,1-2H3,(H2,11,12). The topological polar surface area (TPSA) is 57.4 Å². The molecule has 1 aromatic rings. The van der Waals surface area contributed by atoms with Crippen LogP contribution in [-0.2, 0) is 9.47 Å². The van der Waals surface area contributed by atoms with Gasteiger partial charge in [0.1, 0.15) is 0 Å². The molecule has 0 amide bonds. The minimum Gasteiger partial charge on any atom is -0.382 e. The monoisotopic (exact) mass is 262 g/mol. The second-order valence-electron chi connectivity index (χ2n) is 3.23. The average Bonchev–Trinajstić information content (AvgIpc) is 2.56. The Morgan fingerprint density at radius 1 is 1.38 bits per heavy atom. The van der Waals surface area contributed by atoms with E-state index < -0.39 is 0 Å². The summed E-state index contributed by atoms with van der Waals surface area (Å²) in [6.45, 7) is 4.11. The highest BCUT2D eigenvalue weighted by Gasteiger charge is 2.04. The lowest BCUT2D eigenvalue weighted by Crippen LogP contribution is -2.03. The minimum absolute atomic E-state index is 0.649. The van der Waals surface area contributed by atoms with E-state index in [1.54, 1.807) is 30.2 Å². The molecule has 0 aliphatic heterocycles. The molecule has 0 unspecified atom stereocenters. The summed E-state index contributed by atoms with van der Waals surface area (Å²) in [6.07, 6.45) is 1.03. The van der Waals surface area contributed by atoms with Crippen molar-refractivity contribution in [1.29, 1.82) is 0 Å². The number of nitrogens with zero attached hydrogens (tertiary/aromatic N) is 1. The van der Waals surface area contributed by atoms with E-state index >= 15 is 0 Å². The second kappa shape index (κ2) is 7.89. The van der Waals surface area contributed by atoms with Crippen LogP contribution in [0, 0.1) is 6.92 Å². The summed E-state index contributed by atoms with van der Waals surface area (Å²) >= 11 is 3.35. The molecule has 92 valence electrons. The summed E-state index contributed by atoms with van der Waals surface area (Å²) in [6, 6.07) is 0. The highest BCUT2D eigenvalue weighted by Crippen LogP contribution is 2.30. The van der Waals surface area contributed by atoms with Gasteiger partial charge >= 0.3 is 0 Å². The van der Waals surface area contributed by atoms with Crippen molar-refractivity contribution in [2.75, 3.05) is 38.4 Å². The number of nitrogen functional groups attached to an aromatic ring is 1. The first-order valence-electron chi connectivity index (χ1n) is 5.16. The van der Waals surface area contributed by atoms with E-state index in [4.69, 9.17) is 15.2 Å². The molecule has 0 saturated heterocycles. The number of aromatic nitrogens is 1. The molecule has 2 N–H and O–H groups in total. The van der Waals surface area contributed by atoms with E-state index in [2.05, 4.69) is 4.98 Å². The molecule has 0 bridgehead atoms. The van der Waals surface area contributed by atoms with Crippen molar-refractivity contribution in [3.8, 4) is 0 Å². The summed E-state index contributed by atoms with van der Waals surface area (Å²) in [4.78, 5) is 4.18. The minimum atomic E-state index is 0.649. The summed E-state index contributed by atoms with van der Waals surface area (Å²) in [5.74, 6) is 1.04. The Labute approximate surface area is 105 Å². The van der Waals surface area contributed by atoms with Gasteiger partial charge in [0.2, 0.25) is 0 Å². The maximum Gasteiger partial charge on any atom is 0.181 e. The van der Waals surface area contributed by atoms with Crippen LogP contribution in [0.1, 0.15) is 12.1 Å². The van der Waals surface area contributed by atoms with Crippen LogP contribution in [0.5, 0.6) is 0 Å². The Morgan fingerprint density at radius 3 is 2.81 bits per heavy atom. The van der Waals surface area contributed by atoms with Gasteiger partial charge < -0.3 is 15.2 Å². The van der Waals surface area contributed by atoms with Crippen molar-refractivity contribution in [2.45, 2.75) is 17.6 Å². The third-order valence-corrected chi connectivity index (χ3v) is 4.30. The average molecular weight is 262 g/mol. The third kappa shape index (κ3) is 5.16. The molecule has 0 atom stereocenters. The van der Waals surface area contributed by atoms with Gasteiger partial charge in [-0.25, -0.2) is 4.98 Å². The van der Waals surface area contributed by atoms with Gasteiger partial charge in [-0.3, -0.25) is 0 Å². The van der Waals surface area contributed by atoms with E-state index in [-0.39, 0.29) is 0 Å². The zero-order valence-corrected chi connectivity index (χ0v) is 11.3. The maximum atomic E-state index is 5.62. The molecule has 0 spiro atoms. The Morgan fingerprint density at radius 2 is 2.19 bits per heavy atom. The zero-order chi connectivity index (χ0) is 11.8. The van der Waals surface area contributed by atoms with Crippen LogP contribution in [0.4, 0.5) is 5.13 Å². The number of thioether (sulfide) groups is 1. The van der Waals surface area contributed by atoms with Crippen molar-refractivity contribution in [1.82, 2.24) is 4.98 Å². The van der Waals surface area contributed by atoms with Crippen LogP contribution in [0.2, 0.25) is 0 Å². The molecule has 0 aromatic carbocycles. The van der Waals surface area contributed by atoms with Crippen LogP contribution in [0.25, 0.3) is 0 Å². The second-order valence-corrected chi connectivity index (χ2v) is 5.63. The molecular formula is C10H18N2O2S2. The van der Waals surface area contributed by atoms with Crippen molar-refractivity contribution < 1.29 is 9.47 Å². The third-order valence-electron chi connectivity index (χ3n) is 1.87. The van der Waals surface area contributed by atoms with E-state index in [1.165, 1.54) is 4.21 Å². The van der Waals surface area contributed by atoms with Gasteiger partial charge in [0, 0.05) is 19.5 Å². The molecule has 16 heavy (non-hydrogen) atoms. The van der Waals surface area contributed by atoms with Crippen LogP contribution in [0.3, 0.4) is 0 Å². The van der Waals surface area contributed by atoms with Crippen LogP contribution < -0.4 is 5.73 Å². The molecule has 1 aromatic heterocycles. The van der Waals surface area contributed by atoms with E-state index in [1.807, 2.05) is 6.92 Å². The number of rotatable bonds is 8. The highest BCUT2D eigenvalue weighted by molar-refractivity contribution is 8.01. The number of aryl methyl sites for hydroxylation is 1. The van der Waals surface area contributed by atoms with Gasteiger partial charge in [-0.15, -0.1) is 11.8 Å². The number of methoxy groups -OCH3 is 1. The van der Waals surface area contributed by atoms with Gasteiger partial charge in [0.25, 0.3) is 0 Å². The van der Waals surface area contributed by atoms with Crippen molar-refractivity contribution in [2.24, 2.45) is 0 Å². The summed E-state index contributed by atoms with van der Waals surface area (Å²) in [5.41, 5.74) is 6.66. The lowest BCUT2D eigenvalue weighted by molar-refractivity contribution is 0.0713. The highest BCUT2D eigenvalue weighted by atomic mass is 32.2. The lowest BCUT2D eigenvalue weighted by Gasteiger charge is -2.02. The number of hydrogen-bond donors (Lipinski definition) is 1. The molecule has 1 rings (SSSR count). The van der Waals surface area contributed by atoms with E-state index in [0.717, 1.165) is 24.5 Å². The van der Waals surface area contributed by atoms with Gasteiger partial charge in [-0.1, -0.05) is 11.3 Å². The molecule has 0 aliphatic carbocycles. The first kappa shape index (κ1) is 13.8. The van der Waals surface area contributed by atoms with Gasteiger partial charge in [0.15, 0.2) is 5.13 Å². The van der Waals surface area contributed by atoms with Crippen LogP contribution in [0.15, 0.2) is 4.21 Å². The number of nitrogens with two attached hydrogens (primary N) is 1. The molecule has 0 saturated carbocycles. The SMILES string of the molecule is COCCOCCCSc1sc(N)nc1C. The summed E-state index contributed by atoms with van der Waals surface area (Å²) < 4.78 is 11.5. The molecule has 0 aliphatic rings. The first-order valence-corrected chi connectivity index (χ1v) is 6.96. The zero-order valence-electron chi connectivity index (χ0n) is 9.69. The molecule has 4 nitrogen and oxygen atoms in total. The van der Waals surface area contributed by atoms with Gasteiger partial charge in [-0.05, 0) is 13.3 Å². The van der Waals surface area contributed by atoms with E-state index in [9.17, 15) is 0 Å². The lowest BCUT2D eigenvalue weighted by atomic mass is 10.5. The van der Waals surface area contributed by atoms with Gasteiger partial charge in [-0.2, -0.15) is 0 Å². The maximum absolute atomic E-state index is 5.62. The molecule has 1 heterocycles. The number of anilines is 1. The van der Waals surface area contributed by atoms with Crippen LogP contribution >= 0.6 is 23.1 Å². The normalized spacial score (nSPS) is 10.9. The molecule has 0 radical (unpaired) electrons. The fourth-order valence-corrected chi connectivity index (χ4v) is 3.12. The van der Waals surface area contributed by atoms with Crippen LogP contribution in [-0.4, -0.2) is 37.7 Å². The smallest absolute Gasteiger partial charge is 0.181 e. The first-order chi connectivity index (χ1) is 7.74. The van der Waals surface area contributed by atoms with Gasteiger partial charge in [0.05, 0.1) is 23.1 Å². The Balaban J connectivity index is 2.05. The Bertz CT molecular complexity index is 305. The quantitative estimate of drug-likeness (QED) is 0.575. The Kier molecular flexibility index (Phi) is 6.79. The molecule has 6 heteroatoms. The van der Waals surface area contributed by atoms with Crippen molar-refractivity contribution in [3.63, 3.8) is 0 Å². The molecular weight excluding hydrogens is 244 g/mol. The largest absolute Gasteiger partial charge is 0.382 e. The predicted molar refractivity (Wildman–Crippen MR) is 69.3 cm³/mol. The fraction of sp³-hybridized carbons (Fsp3) is 0.700. The Hall–Kier alpha value is -0.300.